The van der Waals surface area contributed by atoms with E-state index in [-0.39, 0.29) is 17.0 Å². The minimum absolute atomic E-state index is 0.0927. The number of aromatic nitrogens is 3. The molecular weight excluding hydrogens is 378 g/mol. The Labute approximate surface area is 169 Å². The van der Waals surface area contributed by atoms with Gasteiger partial charge in [-0.1, -0.05) is 44.2 Å². The van der Waals surface area contributed by atoms with E-state index in [1.807, 2.05) is 13.8 Å². The molecule has 0 aliphatic heterocycles. The molecule has 28 heavy (non-hydrogen) atoms. The molecule has 2 heterocycles. The van der Waals surface area contributed by atoms with Crippen molar-refractivity contribution in [3.05, 3.63) is 76.9 Å². The molecule has 0 bridgehead atoms. The number of aryl methyl sites for hydroxylation is 1. The van der Waals surface area contributed by atoms with Crippen LogP contribution in [0.3, 0.4) is 0 Å². The number of carbonyl (C=O) groups is 2. The zero-order valence-corrected chi connectivity index (χ0v) is 17.1. The van der Waals surface area contributed by atoms with E-state index in [0.717, 1.165) is 0 Å². The molecule has 3 N–H and O–H groups in total. The Morgan fingerprint density at radius 1 is 1.36 bits per heavy atom. The van der Waals surface area contributed by atoms with Gasteiger partial charge >= 0.3 is 0 Å². The summed E-state index contributed by atoms with van der Waals surface area (Å²) in [6.45, 7) is 11.0. The molecule has 2 rings (SSSR count). The molecule has 0 atom stereocenters. The van der Waals surface area contributed by atoms with Crippen molar-refractivity contribution in [3.8, 4) is 5.82 Å². The zero-order valence-electron chi connectivity index (χ0n) is 16.4. The fourth-order valence-electron chi connectivity index (χ4n) is 2.25. The van der Waals surface area contributed by atoms with E-state index in [9.17, 15) is 9.59 Å². The normalized spacial score (nSPS) is 11.3. The third-order valence-electron chi connectivity index (χ3n) is 3.35. The Balaban J connectivity index is 0.00000190. The second-order valence-corrected chi connectivity index (χ2v) is 5.65. The van der Waals surface area contributed by atoms with Gasteiger partial charge in [-0.2, -0.15) is 5.10 Å². The molecule has 8 heteroatoms. The molecule has 0 aliphatic rings. The topological polar surface area (TPSA) is 103 Å². The molecule has 2 aromatic rings. The van der Waals surface area contributed by atoms with Gasteiger partial charge in [0.25, 0.3) is 11.8 Å². The molecule has 0 fully saturated rings. The Bertz CT molecular complexity index is 928. The van der Waals surface area contributed by atoms with E-state index < -0.39 is 11.8 Å². The lowest BCUT2D eigenvalue weighted by atomic mass is 10.1. The van der Waals surface area contributed by atoms with E-state index in [1.54, 1.807) is 50.4 Å². The summed E-state index contributed by atoms with van der Waals surface area (Å²) < 4.78 is 1.35. The smallest absolute Gasteiger partial charge is 0.274 e. The molecule has 2 aromatic heterocycles. The van der Waals surface area contributed by atoms with E-state index >= 15 is 0 Å². The van der Waals surface area contributed by atoms with E-state index in [2.05, 4.69) is 22.0 Å². The number of rotatable bonds is 6. The number of nitrogens with two attached hydrogens (primary N) is 1. The number of allylic oxidation sites excluding steroid dienone is 2. The van der Waals surface area contributed by atoms with Crippen LogP contribution in [0.4, 0.5) is 0 Å². The van der Waals surface area contributed by atoms with Gasteiger partial charge < -0.3 is 11.1 Å². The lowest BCUT2D eigenvalue weighted by Gasteiger charge is -2.11. The fraction of sp³-hybridized carbons (Fsp3) is 0.200. The van der Waals surface area contributed by atoms with Crippen LogP contribution < -0.4 is 11.1 Å². The van der Waals surface area contributed by atoms with Crippen LogP contribution >= 0.6 is 11.6 Å². The van der Waals surface area contributed by atoms with Crippen LogP contribution in [0.5, 0.6) is 0 Å². The summed E-state index contributed by atoms with van der Waals surface area (Å²) in [6, 6.07) is 4.92. The van der Waals surface area contributed by atoms with Crippen LogP contribution in [0.25, 0.3) is 5.82 Å². The van der Waals surface area contributed by atoms with Crippen molar-refractivity contribution in [3.63, 3.8) is 0 Å². The molecule has 7 nitrogen and oxygen atoms in total. The number of primary amides is 1. The largest absolute Gasteiger partial charge is 0.366 e. The molecule has 0 saturated carbocycles. The first-order valence-corrected chi connectivity index (χ1v) is 9.05. The number of amides is 2. The SMILES string of the molecule is C=C/C(C(N)=O)=C(\C=C/C)NC(=O)c1cc(C)nn1-c1ncccc1Cl.CC. The van der Waals surface area contributed by atoms with Gasteiger partial charge in [0.15, 0.2) is 5.82 Å². The van der Waals surface area contributed by atoms with Crippen molar-refractivity contribution in [1.82, 2.24) is 20.1 Å². The van der Waals surface area contributed by atoms with Crippen LogP contribution in [0.15, 0.2) is 60.5 Å². The Kier molecular flexibility index (Phi) is 8.84. The predicted octanol–water partition coefficient (Wildman–Crippen LogP) is 3.49. The summed E-state index contributed by atoms with van der Waals surface area (Å²) in [5.41, 5.74) is 6.48. The second-order valence-electron chi connectivity index (χ2n) is 5.24. The van der Waals surface area contributed by atoms with Crippen molar-refractivity contribution in [2.75, 3.05) is 0 Å². The Morgan fingerprint density at radius 2 is 2.04 bits per heavy atom. The van der Waals surface area contributed by atoms with E-state index in [0.29, 0.717) is 16.5 Å². The van der Waals surface area contributed by atoms with Gasteiger partial charge in [0.1, 0.15) is 5.69 Å². The van der Waals surface area contributed by atoms with E-state index in [1.165, 1.54) is 10.8 Å². The van der Waals surface area contributed by atoms with Crippen LogP contribution in [0.1, 0.15) is 37.0 Å². The number of nitrogens with one attached hydrogen (secondary N) is 1. The molecule has 2 amide bonds. The fourth-order valence-corrected chi connectivity index (χ4v) is 2.45. The quantitative estimate of drug-likeness (QED) is 0.571. The number of hydrogen-bond donors (Lipinski definition) is 2. The maximum atomic E-state index is 12.8. The number of halogens is 1. The number of carbonyl (C=O) groups excluding carboxylic acids is 2. The number of pyridine rings is 1. The summed E-state index contributed by atoms with van der Waals surface area (Å²) in [5, 5.41) is 7.28. The van der Waals surface area contributed by atoms with Gasteiger partial charge in [-0.05, 0) is 38.1 Å². The number of hydrogen-bond acceptors (Lipinski definition) is 4. The average Bonchev–Trinajstić information content (AvgIpc) is 3.06. The van der Waals surface area contributed by atoms with Crippen molar-refractivity contribution in [1.29, 1.82) is 0 Å². The van der Waals surface area contributed by atoms with E-state index in [4.69, 9.17) is 17.3 Å². The van der Waals surface area contributed by atoms with Gasteiger partial charge in [0, 0.05) is 6.20 Å². The van der Waals surface area contributed by atoms with Crippen LogP contribution in [-0.4, -0.2) is 26.6 Å². The lowest BCUT2D eigenvalue weighted by Crippen LogP contribution is -2.28. The predicted molar refractivity (Wildman–Crippen MR) is 111 cm³/mol. The van der Waals surface area contributed by atoms with Crippen LogP contribution in [0.2, 0.25) is 5.02 Å². The third-order valence-corrected chi connectivity index (χ3v) is 3.64. The highest BCUT2D eigenvalue weighted by Gasteiger charge is 2.19. The summed E-state index contributed by atoms with van der Waals surface area (Å²) in [5.74, 6) is -0.880. The zero-order chi connectivity index (χ0) is 21.3. The minimum atomic E-state index is -0.703. The molecule has 0 aliphatic carbocycles. The standard InChI is InChI=1S/C18H18ClN5O2.C2H6/c1-4-7-14(12(5-2)16(20)25)22-18(26)15-10-11(3)23-24(15)17-13(19)8-6-9-21-17;1-2/h4-10H,2H2,1,3H3,(H2,20,25)(H,22,26);1-2H3/b7-4-,14-12-;. The first-order valence-electron chi connectivity index (χ1n) is 8.67. The summed E-state index contributed by atoms with van der Waals surface area (Å²) in [6.07, 6.45) is 6.06. The maximum absolute atomic E-state index is 12.8. The molecule has 0 unspecified atom stereocenters. The van der Waals surface area contributed by atoms with Crippen LogP contribution in [-0.2, 0) is 4.79 Å². The second kappa shape index (κ2) is 10.8. The summed E-state index contributed by atoms with van der Waals surface area (Å²) in [7, 11) is 0. The van der Waals surface area contributed by atoms with Gasteiger partial charge in [0.05, 0.1) is 22.0 Å². The maximum Gasteiger partial charge on any atom is 0.274 e. The highest BCUT2D eigenvalue weighted by Crippen LogP contribution is 2.19. The highest BCUT2D eigenvalue weighted by molar-refractivity contribution is 6.32. The minimum Gasteiger partial charge on any atom is -0.366 e. The first-order chi connectivity index (χ1) is 13.4. The number of nitrogens with zero attached hydrogens (tertiary/aromatic N) is 3. The Morgan fingerprint density at radius 3 is 2.57 bits per heavy atom. The molecule has 0 aromatic carbocycles. The summed E-state index contributed by atoms with van der Waals surface area (Å²) in [4.78, 5) is 28.5. The molecular formula is C20H24ClN5O2. The monoisotopic (exact) mass is 401 g/mol. The molecule has 148 valence electrons. The highest BCUT2D eigenvalue weighted by atomic mass is 35.5. The van der Waals surface area contributed by atoms with Gasteiger partial charge in [-0.3, -0.25) is 9.59 Å². The molecule has 0 spiro atoms. The van der Waals surface area contributed by atoms with Crippen molar-refractivity contribution in [2.24, 2.45) is 5.73 Å². The first kappa shape index (κ1) is 22.9. The lowest BCUT2D eigenvalue weighted by molar-refractivity contribution is -0.114. The van der Waals surface area contributed by atoms with Crippen LogP contribution in [0, 0.1) is 6.92 Å². The van der Waals surface area contributed by atoms with Crippen molar-refractivity contribution in [2.45, 2.75) is 27.7 Å². The van der Waals surface area contributed by atoms with Crippen molar-refractivity contribution < 1.29 is 9.59 Å². The van der Waals surface area contributed by atoms with Crippen molar-refractivity contribution >= 4 is 23.4 Å². The molecule has 0 saturated heterocycles. The summed E-state index contributed by atoms with van der Waals surface area (Å²) >= 11 is 6.16. The Hall–Kier alpha value is -3.19. The van der Waals surface area contributed by atoms with Gasteiger partial charge in [-0.25, -0.2) is 9.67 Å². The third kappa shape index (κ3) is 5.40. The molecule has 0 radical (unpaired) electrons. The van der Waals surface area contributed by atoms with Gasteiger partial charge in [0.2, 0.25) is 0 Å². The average molecular weight is 402 g/mol. The van der Waals surface area contributed by atoms with Gasteiger partial charge in [-0.15, -0.1) is 0 Å².